The normalized spacial score (nSPS) is 15.1. The molecule has 0 aliphatic carbocycles. The fourth-order valence-corrected chi connectivity index (χ4v) is 4.94. The minimum Gasteiger partial charge on any atom is -0.353 e. The summed E-state index contributed by atoms with van der Waals surface area (Å²) in [5.74, 6) is 0.802. The maximum Gasteiger partial charge on any atom is 0.141 e. The lowest BCUT2D eigenvalue weighted by atomic mass is 10.1. The van der Waals surface area contributed by atoms with Crippen molar-refractivity contribution in [2.24, 2.45) is 0 Å². The van der Waals surface area contributed by atoms with E-state index in [0.29, 0.717) is 0 Å². The molecule has 4 nitrogen and oxygen atoms in total. The highest BCUT2D eigenvalue weighted by Crippen LogP contribution is 2.38. The van der Waals surface area contributed by atoms with Crippen molar-refractivity contribution < 1.29 is 4.39 Å². The average Bonchev–Trinajstić information content (AvgIpc) is 3.21. The first kappa shape index (κ1) is 19.4. The van der Waals surface area contributed by atoms with Crippen molar-refractivity contribution in [1.29, 1.82) is 0 Å². The SMILES string of the molecule is Fc1ccc(CN2CCN(c3ncnc4scc(-c5ccc(Cl)cc5)c34)CC2)cc1. The first-order chi connectivity index (χ1) is 14.7. The largest absolute Gasteiger partial charge is 0.353 e. The summed E-state index contributed by atoms with van der Waals surface area (Å²) < 4.78 is 13.1. The van der Waals surface area contributed by atoms with Gasteiger partial charge in [-0.05, 0) is 35.4 Å². The molecule has 2 aromatic carbocycles. The number of hydrogen-bond acceptors (Lipinski definition) is 5. The summed E-state index contributed by atoms with van der Waals surface area (Å²) in [6.07, 6.45) is 1.66. The highest BCUT2D eigenvalue weighted by Gasteiger charge is 2.22. The van der Waals surface area contributed by atoms with Crippen molar-refractivity contribution >= 4 is 39.0 Å². The molecule has 0 spiro atoms. The molecule has 1 fully saturated rings. The van der Waals surface area contributed by atoms with Crippen LogP contribution in [0.1, 0.15) is 5.56 Å². The molecule has 0 amide bonds. The van der Waals surface area contributed by atoms with E-state index in [-0.39, 0.29) is 5.82 Å². The number of anilines is 1. The number of rotatable bonds is 4. The lowest BCUT2D eigenvalue weighted by molar-refractivity contribution is 0.249. The molecular formula is C23H20ClFN4S. The second kappa shape index (κ2) is 8.30. The van der Waals surface area contributed by atoms with Gasteiger partial charge in [0.05, 0.1) is 5.39 Å². The average molecular weight is 439 g/mol. The Hall–Kier alpha value is -2.54. The Morgan fingerprint density at radius 1 is 0.933 bits per heavy atom. The molecule has 1 saturated heterocycles. The second-order valence-electron chi connectivity index (χ2n) is 7.42. The Balaban J connectivity index is 1.37. The summed E-state index contributed by atoms with van der Waals surface area (Å²) in [4.78, 5) is 14.9. The van der Waals surface area contributed by atoms with Crippen molar-refractivity contribution in [2.75, 3.05) is 31.1 Å². The Morgan fingerprint density at radius 3 is 2.40 bits per heavy atom. The van der Waals surface area contributed by atoms with Gasteiger partial charge in [-0.15, -0.1) is 11.3 Å². The number of nitrogens with zero attached hydrogens (tertiary/aromatic N) is 4. The first-order valence-corrected chi connectivity index (χ1v) is 11.1. The zero-order chi connectivity index (χ0) is 20.5. The van der Waals surface area contributed by atoms with Gasteiger partial charge >= 0.3 is 0 Å². The first-order valence-electron chi connectivity index (χ1n) is 9.87. The Morgan fingerprint density at radius 2 is 1.67 bits per heavy atom. The van der Waals surface area contributed by atoms with E-state index in [4.69, 9.17) is 11.6 Å². The van der Waals surface area contributed by atoms with E-state index in [2.05, 4.69) is 25.1 Å². The molecule has 5 rings (SSSR count). The van der Waals surface area contributed by atoms with E-state index >= 15 is 0 Å². The third-order valence-corrected chi connectivity index (χ3v) is 6.64. The lowest BCUT2D eigenvalue weighted by Gasteiger charge is -2.35. The van der Waals surface area contributed by atoms with Crippen molar-refractivity contribution in [2.45, 2.75) is 6.54 Å². The fourth-order valence-electron chi connectivity index (χ4n) is 3.91. The monoisotopic (exact) mass is 438 g/mol. The van der Waals surface area contributed by atoms with Crippen molar-refractivity contribution in [3.05, 3.63) is 76.6 Å². The zero-order valence-corrected chi connectivity index (χ0v) is 17.8. The highest BCUT2D eigenvalue weighted by atomic mass is 35.5. The van der Waals surface area contributed by atoms with Crippen LogP contribution in [0.2, 0.25) is 5.02 Å². The van der Waals surface area contributed by atoms with Gasteiger partial charge in [0.1, 0.15) is 22.8 Å². The third kappa shape index (κ3) is 3.90. The summed E-state index contributed by atoms with van der Waals surface area (Å²) in [6.45, 7) is 4.49. The number of hydrogen-bond donors (Lipinski definition) is 0. The summed E-state index contributed by atoms with van der Waals surface area (Å²) in [7, 11) is 0. The molecule has 0 bridgehead atoms. The predicted molar refractivity (Wildman–Crippen MR) is 122 cm³/mol. The molecule has 7 heteroatoms. The summed E-state index contributed by atoms with van der Waals surface area (Å²) in [5, 5.41) is 3.99. The van der Waals surface area contributed by atoms with E-state index in [1.165, 1.54) is 12.1 Å². The zero-order valence-electron chi connectivity index (χ0n) is 16.3. The van der Waals surface area contributed by atoms with Gasteiger partial charge in [0.15, 0.2) is 0 Å². The topological polar surface area (TPSA) is 32.3 Å². The maximum atomic E-state index is 13.1. The quantitative estimate of drug-likeness (QED) is 0.422. The highest BCUT2D eigenvalue weighted by molar-refractivity contribution is 7.17. The van der Waals surface area contributed by atoms with E-state index in [0.717, 1.165) is 70.5 Å². The lowest BCUT2D eigenvalue weighted by Crippen LogP contribution is -2.46. The molecule has 3 heterocycles. The van der Waals surface area contributed by atoms with Crippen LogP contribution in [0.5, 0.6) is 0 Å². The van der Waals surface area contributed by atoms with Crippen molar-refractivity contribution in [3.8, 4) is 11.1 Å². The summed E-state index contributed by atoms with van der Waals surface area (Å²) >= 11 is 7.71. The predicted octanol–water partition coefficient (Wildman–Crippen LogP) is 5.47. The van der Waals surface area contributed by atoms with Gasteiger partial charge in [-0.1, -0.05) is 35.9 Å². The van der Waals surface area contributed by atoms with Gasteiger partial charge in [0.2, 0.25) is 0 Å². The molecular weight excluding hydrogens is 419 g/mol. The van der Waals surface area contributed by atoms with Crippen LogP contribution in [0, 0.1) is 5.82 Å². The Bertz CT molecular complexity index is 1150. The number of piperazine rings is 1. The van der Waals surface area contributed by atoms with Crippen LogP contribution < -0.4 is 4.90 Å². The minimum absolute atomic E-state index is 0.191. The maximum absolute atomic E-state index is 13.1. The van der Waals surface area contributed by atoms with Gasteiger partial charge in [0.25, 0.3) is 0 Å². The molecule has 0 unspecified atom stereocenters. The van der Waals surface area contributed by atoms with Gasteiger partial charge in [0, 0.05) is 48.7 Å². The Kier molecular flexibility index (Phi) is 5.37. The summed E-state index contributed by atoms with van der Waals surface area (Å²) in [6, 6.07) is 14.7. The van der Waals surface area contributed by atoms with E-state index < -0.39 is 0 Å². The smallest absolute Gasteiger partial charge is 0.141 e. The Labute approximate surface area is 183 Å². The molecule has 0 atom stereocenters. The van der Waals surface area contributed by atoms with Crippen LogP contribution in [0.15, 0.2) is 60.2 Å². The molecule has 0 saturated carbocycles. The molecule has 0 radical (unpaired) electrons. The third-order valence-electron chi connectivity index (χ3n) is 5.50. The van der Waals surface area contributed by atoms with Crippen LogP contribution in [0.3, 0.4) is 0 Å². The van der Waals surface area contributed by atoms with Crippen LogP contribution >= 0.6 is 22.9 Å². The van der Waals surface area contributed by atoms with Crippen LogP contribution in [-0.4, -0.2) is 41.0 Å². The number of benzene rings is 2. The van der Waals surface area contributed by atoms with E-state index in [1.54, 1.807) is 17.7 Å². The van der Waals surface area contributed by atoms with Gasteiger partial charge in [-0.3, -0.25) is 4.90 Å². The second-order valence-corrected chi connectivity index (χ2v) is 8.72. The number of aromatic nitrogens is 2. The standard InChI is InChI=1S/C23H20ClFN4S/c24-18-5-3-17(4-6-18)20-14-30-23-21(20)22(26-15-27-23)29-11-9-28(10-12-29)13-16-1-7-19(25)8-2-16/h1-8,14-15H,9-13H2. The van der Waals surface area contributed by atoms with Crippen LogP contribution in [0.25, 0.3) is 21.3 Å². The molecule has 1 aliphatic rings. The molecule has 30 heavy (non-hydrogen) atoms. The van der Waals surface area contributed by atoms with Gasteiger partial charge < -0.3 is 4.90 Å². The molecule has 4 aromatic rings. The molecule has 0 N–H and O–H groups in total. The molecule has 1 aliphatic heterocycles. The number of thiophene rings is 1. The van der Waals surface area contributed by atoms with Crippen LogP contribution in [0.4, 0.5) is 10.2 Å². The van der Waals surface area contributed by atoms with Gasteiger partial charge in [-0.25, -0.2) is 14.4 Å². The minimum atomic E-state index is -0.191. The fraction of sp³-hybridized carbons (Fsp3) is 0.217. The summed E-state index contributed by atoms with van der Waals surface area (Å²) in [5.41, 5.74) is 3.41. The van der Waals surface area contributed by atoms with Crippen molar-refractivity contribution in [1.82, 2.24) is 14.9 Å². The number of fused-ring (bicyclic) bond motifs is 1. The van der Waals surface area contributed by atoms with E-state index in [9.17, 15) is 4.39 Å². The molecule has 152 valence electrons. The van der Waals surface area contributed by atoms with Crippen LogP contribution in [-0.2, 0) is 6.54 Å². The van der Waals surface area contributed by atoms with E-state index in [1.807, 2.05) is 36.4 Å². The number of halogens is 2. The van der Waals surface area contributed by atoms with Crippen molar-refractivity contribution in [3.63, 3.8) is 0 Å². The van der Waals surface area contributed by atoms with Gasteiger partial charge in [-0.2, -0.15) is 0 Å². The molecule has 2 aromatic heterocycles.